The molecule has 1 atom stereocenters. The Kier molecular flexibility index (Phi) is 5.52. The molecule has 0 unspecified atom stereocenters. The zero-order valence-corrected chi connectivity index (χ0v) is 12.8. The molecular weight excluding hydrogens is 252 g/mol. The van der Waals surface area contributed by atoms with E-state index in [9.17, 15) is 0 Å². The number of hydrogen-bond acceptors (Lipinski definition) is 4. The lowest BCUT2D eigenvalue weighted by molar-refractivity contribution is 0.193. The Morgan fingerprint density at radius 1 is 1.45 bits per heavy atom. The first-order valence-electron chi connectivity index (χ1n) is 7.48. The topological polar surface area (TPSA) is 45.6 Å². The highest BCUT2D eigenvalue weighted by Crippen LogP contribution is 2.29. The molecule has 1 aromatic heterocycles. The molecule has 112 valence electrons. The Balaban J connectivity index is 2.24. The third kappa shape index (κ3) is 3.78. The molecule has 20 heavy (non-hydrogen) atoms. The Bertz CT molecular complexity index is 428. The summed E-state index contributed by atoms with van der Waals surface area (Å²) in [5.74, 6) is 0.909. The third-order valence-corrected chi connectivity index (χ3v) is 3.89. The summed E-state index contributed by atoms with van der Waals surface area (Å²) in [5, 5.41) is 9.06. The van der Waals surface area contributed by atoms with Crippen molar-refractivity contribution >= 4 is 0 Å². The summed E-state index contributed by atoms with van der Waals surface area (Å²) in [4.78, 5) is 6.98. The quantitative estimate of drug-likeness (QED) is 0.866. The smallest absolute Gasteiger partial charge is 0.0582 e. The molecule has 4 nitrogen and oxygen atoms in total. The molecule has 0 aliphatic carbocycles. The van der Waals surface area contributed by atoms with E-state index in [1.165, 1.54) is 5.56 Å². The minimum atomic E-state index is 0.183. The van der Waals surface area contributed by atoms with Crippen LogP contribution in [0.4, 0.5) is 0 Å². The van der Waals surface area contributed by atoms with Gasteiger partial charge in [-0.15, -0.1) is 0 Å². The molecule has 1 aliphatic rings. The summed E-state index contributed by atoms with van der Waals surface area (Å²) in [6.45, 7) is 7.63. The maximum atomic E-state index is 9.06. The zero-order valence-electron chi connectivity index (χ0n) is 12.8. The van der Waals surface area contributed by atoms with Crippen LogP contribution in [-0.4, -0.2) is 48.4 Å². The number of nitrogens with zero attached hydrogens (tertiary/aromatic N) is 2. The SMILES string of the molecule is CC(C)c1ccc([C@@H]2CCOC2)c(CN(C)CCO)n1. The van der Waals surface area contributed by atoms with E-state index in [-0.39, 0.29) is 6.61 Å². The number of aliphatic hydroxyl groups excluding tert-OH is 1. The van der Waals surface area contributed by atoms with Gasteiger partial charge in [0.05, 0.1) is 18.9 Å². The van der Waals surface area contributed by atoms with E-state index < -0.39 is 0 Å². The van der Waals surface area contributed by atoms with Crippen LogP contribution in [0.25, 0.3) is 0 Å². The predicted molar refractivity (Wildman–Crippen MR) is 79.9 cm³/mol. The monoisotopic (exact) mass is 278 g/mol. The summed E-state index contributed by atoms with van der Waals surface area (Å²) in [7, 11) is 2.02. The van der Waals surface area contributed by atoms with Crippen molar-refractivity contribution in [1.82, 2.24) is 9.88 Å². The fourth-order valence-corrected chi connectivity index (χ4v) is 2.63. The van der Waals surface area contributed by atoms with Gasteiger partial charge in [-0.1, -0.05) is 19.9 Å². The van der Waals surface area contributed by atoms with Crippen LogP contribution in [0.5, 0.6) is 0 Å². The number of hydrogen-bond donors (Lipinski definition) is 1. The second-order valence-corrected chi connectivity index (χ2v) is 5.95. The molecule has 1 fully saturated rings. The summed E-state index contributed by atoms with van der Waals surface area (Å²) in [5.41, 5.74) is 3.60. The summed E-state index contributed by atoms with van der Waals surface area (Å²) in [6.07, 6.45) is 1.08. The molecule has 1 saturated heterocycles. The summed E-state index contributed by atoms with van der Waals surface area (Å²) >= 11 is 0. The number of likely N-dealkylation sites (N-methyl/N-ethyl adjacent to an activating group) is 1. The normalized spacial score (nSPS) is 19.2. The van der Waals surface area contributed by atoms with Gasteiger partial charge in [0.1, 0.15) is 0 Å². The fourth-order valence-electron chi connectivity index (χ4n) is 2.63. The van der Waals surface area contributed by atoms with Gasteiger partial charge in [0.15, 0.2) is 0 Å². The van der Waals surface area contributed by atoms with Crippen LogP contribution in [0.3, 0.4) is 0 Å². The lowest BCUT2D eigenvalue weighted by Crippen LogP contribution is -2.23. The number of aliphatic hydroxyl groups is 1. The molecule has 1 N–H and O–H groups in total. The van der Waals surface area contributed by atoms with Gasteiger partial charge in [-0.3, -0.25) is 9.88 Å². The second kappa shape index (κ2) is 7.16. The van der Waals surface area contributed by atoms with Gasteiger partial charge in [-0.25, -0.2) is 0 Å². The van der Waals surface area contributed by atoms with Crippen LogP contribution in [0.1, 0.15) is 49.1 Å². The van der Waals surface area contributed by atoms with Crippen molar-refractivity contribution in [3.8, 4) is 0 Å². The minimum absolute atomic E-state index is 0.183. The van der Waals surface area contributed by atoms with Crippen molar-refractivity contribution < 1.29 is 9.84 Å². The Morgan fingerprint density at radius 3 is 2.85 bits per heavy atom. The van der Waals surface area contributed by atoms with Gasteiger partial charge in [0.25, 0.3) is 0 Å². The van der Waals surface area contributed by atoms with Gasteiger partial charge < -0.3 is 9.84 Å². The van der Waals surface area contributed by atoms with E-state index in [0.717, 1.165) is 37.6 Å². The first-order valence-corrected chi connectivity index (χ1v) is 7.48. The van der Waals surface area contributed by atoms with E-state index >= 15 is 0 Å². The molecule has 0 saturated carbocycles. The number of ether oxygens (including phenoxy) is 1. The number of pyridine rings is 1. The average Bonchev–Trinajstić information content (AvgIpc) is 2.92. The van der Waals surface area contributed by atoms with Crippen LogP contribution in [-0.2, 0) is 11.3 Å². The molecule has 0 radical (unpaired) electrons. The van der Waals surface area contributed by atoms with Crippen LogP contribution < -0.4 is 0 Å². The first-order chi connectivity index (χ1) is 9.61. The Labute approximate surface area is 121 Å². The maximum absolute atomic E-state index is 9.06. The molecule has 0 aromatic carbocycles. The molecule has 0 spiro atoms. The molecule has 2 heterocycles. The second-order valence-electron chi connectivity index (χ2n) is 5.95. The van der Waals surface area contributed by atoms with Crippen LogP contribution in [0, 0.1) is 0 Å². The lowest BCUT2D eigenvalue weighted by atomic mass is 9.95. The van der Waals surface area contributed by atoms with Crippen LogP contribution in [0.2, 0.25) is 0 Å². The molecule has 2 rings (SSSR count). The molecular formula is C16H26N2O2. The highest BCUT2D eigenvalue weighted by Gasteiger charge is 2.22. The Morgan fingerprint density at radius 2 is 2.25 bits per heavy atom. The predicted octanol–water partition coefficient (Wildman–Crippen LogP) is 2.13. The Hall–Kier alpha value is -0.970. The number of aromatic nitrogens is 1. The zero-order chi connectivity index (χ0) is 14.5. The standard InChI is InChI=1S/C16H26N2O2/c1-12(2)15-5-4-14(13-6-9-20-11-13)16(17-15)10-18(3)7-8-19/h4-5,12-13,19H,6-11H2,1-3H3/t13-/m1/s1. The molecule has 1 aromatic rings. The molecule has 0 amide bonds. The highest BCUT2D eigenvalue weighted by molar-refractivity contribution is 5.28. The third-order valence-electron chi connectivity index (χ3n) is 3.89. The molecule has 0 bridgehead atoms. The largest absolute Gasteiger partial charge is 0.395 e. The summed E-state index contributed by atoms with van der Waals surface area (Å²) in [6, 6.07) is 4.37. The highest BCUT2D eigenvalue weighted by atomic mass is 16.5. The van der Waals surface area contributed by atoms with E-state index in [1.54, 1.807) is 0 Å². The van der Waals surface area contributed by atoms with Crippen molar-refractivity contribution in [2.45, 2.75) is 38.6 Å². The van der Waals surface area contributed by atoms with Crippen molar-refractivity contribution in [1.29, 1.82) is 0 Å². The van der Waals surface area contributed by atoms with Crippen molar-refractivity contribution in [2.75, 3.05) is 33.4 Å². The van der Waals surface area contributed by atoms with Gasteiger partial charge >= 0.3 is 0 Å². The van der Waals surface area contributed by atoms with Gasteiger partial charge in [-0.2, -0.15) is 0 Å². The molecule has 4 heteroatoms. The first kappa shape index (κ1) is 15.4. The van der Waals surface area contributed by atoms with Crippen LogP contribution in [0.15, 0.2) is 12.1 Å². The van der Waals surface area contributed by atoms with Gasteiger partial charge in [0.2, 0.25) is 0 Å². The molecule has 1 aliphatic heterocycles. The van der Waals surface area contributed by atoms with E-state index in [2.05, 4.69) is 30.9 Å². The lowest BCUT2D eigenvalue weighted by Gasteiger charge is -2.20. The van der Waals surface area contributed by atoms with Gasteiger partial charge in [-0.05, 0) is 31.0 Å². The van der Waals surface area contributed by atoms with E-state index in [0.29, 0.717) is 18.4 Å². The van der Waals surface area contributed by atoms with Gasteiger partial charge in [0, 0.05) is 31.3 Å². The van der Waals surface area contributed by atoms with Crippen LogP contribution >= 0.6 is 0 Å². The van der Waals surface area contributed by atoms with Crippen molar-refractivity contribution in [2.24, 2.45) is 0 Å². The minimum Gasteiger partial charge on any atom is -0.395 e. The fraction of sp³-hybridized carbons (Fsp3) is 0.688. The maximum Gasteiger partial charge on any atom is 0.0582 e. The van der Waals surface area contributed by atoms with E-state index in [1.807, 2.05) is 7.05 Å². The summed E-state index contributed by atoms with van der Waals surface area (Å²) < 4.78 is 5.52. The van der Waals surface area contributed by atoms with Crippen molar-refractivity contribution in [3.05, 3.63) is 29.1 Å². The number of rotatable bonds is 6. The van der Waals surface area contributed by atoms with E-state index in [4.69, 9.17) is 14.8 Å². The van der Waals surface area contributed by atoms with Crippen molar-refractivity contribution in [3.63, 3.8) is 0 Å². The average molecular weight is 278 g/mol.